The molecule has 2 N–H and O–H groups in total. The van der Waals surface area contributed by atoms with Crippen molar-refractivity contribution in [1.29, 1.82) is 0 Å². The first-order valence-corrected chi connectivity index (χ1v) is 14.0. The number of hydrogen-bond donors (Lipinski definition) is 2. The molecule has 5 rings (SSSR count). The number of halogens is 4. The van der Waals surface area contributed by atoms with Crippen molar-refractivity contribution in [3.05, 3.63) is 57.1 Å². The maximum absolute atomic E-state index is 15.7. The molecule has 2 aromatic heterocycles. The molecular formula is C27H30F4N6O3S. The number of nitrogens with zero attached hydrogens (tertiary/aromatic N) is 4. The van der Waals surface area contributed by atoms with Crippen LogP contribution in [-0.4, -0.2) is 79.3 Å². The molecule has 0 radical (unpaired) electrons. The van der Waals surface area contributed by atoms with Crippen molar-refractivity contribution in [2.24, 2.45) is 0 Å². The zero-order chi connectivity index (χ0) is 29.5. The fourth-order valence-electron chi connectivity index (χ4n) is 5.09. The van der Waals surface area contributed by atoms with Crippen molar-refractivity contribution < 1.29 is 27.1 Å². The molecule has 2 atom stereocenters. The zero-order valence-electron chi connectivity index (χ0n) is 22.7. The molecule has 3 aromatic rings. The van der Waals surface area contributed by atoms with Gasteiger partial charge >= 0.3 is 6.18 Å². The van der Waals surface area contributed by atoms with E-state index < -0.39 is 34.6 Å². The number of aromatic amines is 1. The number of amides is 1. The maximum Gasteiger partial charge on any atom is 0.417 e. The molecule has 1 aromatic carbocycles. The predicted molar refractivity (Wildman–Crippen MR) is 149 cm³/mol. The lowest BCUT2D eigenvalue weighted by molar-refractivity contribution is -0.138. The number of nitrogens with one attached hydrogen (secondary N) is 2. The van der Waals surface area contributed by atoms with Gasteiger partial charge in [0.05, 0.1) is 41.4 Å². The van der Waals surface area contributed by atoms with Crippen LogP contribution >= 0.6 is 11.3 Å². The smallest absolute Gasteiger partial charge is 0.378 e. The van der Waals surface area contributed by atoms with Crippen molar-refractivity contribution in [2.45, 2.75) is 32.1 Å². The molecule has 2 saturated heterocycles. The van der Waals surface area contributed by atoms with Crippen LogP contribution in [-0.2, 0) is 10.9 Å². The zero-order valence-corrected chi connectivity index (χ0v) is 23.5. The number of aromatic nitrogens is 2. The summed E-state index contributed by atoms with van der Waals surface area (Å²) in [7, 11) is 1.99. The number of thiazole rings is 1. The molecular weight excluding hydrogens is 564 g/mol. The molecule has 0 bridgehead atoms. The summed E-state index contributed by atoms with van der Waals surface area (Å²) in [5.41, 5.74) is -2.18. The molecule has 14 heteroatoms. The highest BCUT2D eigenvalue weighted by atomic mass is 32.1. The Morgan fingerprint density at radius 3 is 2.46 bits per heavy atom. The molecule has 0 unspecified atom stereocenters. The lowest BCUT2D eigenvalue weighted by Gasteiger charge is -2.44. The Morgan fingerprint density at radius 1 is 1.12 bits per heavy atom. The molecule has 4 heterocycles. The fraction of sp³-hybridized carbons (Fsp3) is 0.444. The highest BCUT2D eigenvalue weighted by molar-refractivity contribution is 7.14. The molecule has 220 valence electrons. The van der Waals surface area contributed by atoms with Gasteiger partial charge in [0.25, 0.3) is 5.91 Å². The number of anilines is 3. The molecule has 2 aliphatic rings. The number of hydrogen-bond acceptors (Lipinski definition) is 8. The lowest BCUT2D eigenvalue weighted by atomic mass is 10.0. The Kier molecular flexibility index (Phi) is 8.08. The monoisotopic (exact) mass is 594 g/mol. The Labute approximate surface area is 237 Å². The van der Waals surface area contributed by atoms with Gasteiger partial charge < -0.3 is 24.8 Å². The molecule has 2 aliphatic heterocycles. The SMILES string of the molecule is C[C@@H]1CN(c2cc(F)c(-c3csc(N4CCOCC4)n3)cc2NC(=O)c2c[nH]c(=O)cc2C(F)(F)F)C[C@H](C)N1C. The Bertz CT molecular complexity index is 1470. The van der Waals surface area contributed by atoms with Crippen molar-refractivity contribution in [3.63, 3.8) is 0 Å². The Balaban J connectivity index is 1.56. The van der Waals surface area contributed by atoms with Gasteiger partial charge in [0.15, 0.2) is 5.13 Å². The number of benzene rings is 1. The van der Waals surface area contributed by atoms with E-state index in [-0.39, 0.29) is 23.3 Å². The van der Waals surface area contributed by atoms with Gasteiger partial charge in [0, 0.05) is 67.5 Å². The van der Waals surface area contributed by atoms with Crippen molar-refractivity contribution >= 4 is 33.8 Å². The van der Waals surface area contributed by atoms with E-state index in [4.69, 9.17) is 4.74 Å². The van der Waals surface area contributed by atoms with Crippen LogP contribution in [0.2, 0.25) is 0 Å². The molecule has 9 nitrogen and oxygen atoms in total. The van der Waals surface area contributed by atoms with E-state index in [9.17, 15) is 22.8 Å². The predicted octanol–water partition coefficient (Wildman–Crippen LogP) is 4.27. The first-order valence-electron chi connectivity index (χ1n) is 13.1. The van der Waals surface area contributed by atoms with Crippen LogP contribution in [0, 0.1) is 5.82 Å². The van der Waals surface area contributed by atoms with Gasteiger partial charge in [-0.1, -0.05) is 0 Å². The van der Waals surface area contributed by atoms with Crippen LogP contribution in [0.5, 0.6) is 0 Å². The van der Waals surface area contributed by atoms with E-state index in [1.165, 1.54) is 23.5 Å². The van der Waals surface area contributed by atoms with Crippen LogP contribution in [0.4, 0.5) is 34.1 Å². The maximum atomic E-state index is 15.7. The van der Waals surface area contributed by atoms with Crippen LogP contribution in [0.3, 0.4) is 0 Å². The van der Waals surface area contributed by atoms with E-state index in [1.54, 1.807) is 5.38 Å². The van der Waals surface area contributed by atoms with Gasteiger partial charge in [0.2, 0.25) is 5.56 Å². The van der Waals surface area contributed by atoms with Gasteiger partial charge in [0.1, 0.15) is 5.82 Å². The number of morpholine rings is 1. The van der Waals surface area contributed by atoms with E-state index in [2.05, 4.69) is 20.2 Å². The van der Waals surface area contributed by atoms with E-state index in [1.807, 2.05) is 30.7 Å². The summed E-state index contributed by atoms with van der Waals surface area (Å²) in [6.07, 6.45) is -4.20. The first-order chi connectivity index (χ1) is 19.4. The van der Waals surface area contributed by atoms with E-state index in [0.29, 0.717) is 62.0 Å². The minimum absolute atomic E-state index is 0.0932. The largest absolute Gasteiger partial charge is 0.417 e. The summed E-state index contributed by atoms with van der Waals surface area (Å²) in [5, 5.41) is 4.97. The van der Waals surface area contributed by atoms with Crippen LogP contribution in [0.25, 0.3) is 11.3 Å². The Morgan fingerprint density at radius 2 is 1.80 bits per heavy atom. The molecule has 0 aliphatic carbocycles. The average molecular weight is 595 g/mol. The first kappa shape index (κ1) is 29.0. The second-order valence-corrected chi connectivity index (χ2v) is 11.1. The highest BCUT2D eigenvalue weighted by Gasteiger charge is 2.36. The summed E-state index contributed by atoms with van der Waals surface area (Å²) >= 11 is 1.35. The number of pyridine rings is 1. The summed E-state index contributed by atoms with van der Waals surface area (Å²) in [5.74, 6) is -1.66. The van der Waals surface area contributed by atoms with Crippen molar-refractivity contribution in [3.8, 4) is 11.3 Å². The third-order valence-corrected chi connectivity index (χ3v) is 8.46. The normalized spacial score (nSPS) is 20.4. The number of carbonyl (C=O) groups is 1. The molecule has 0 saturated carbocycles. The number of likely N-dealkylation sites (N-methyl/N-ethyl adjacent to an activating group) is 1. The molecule has 41 heavy (non-hydrogen) atoms. The average Bonchev–Trinajstić information content (AvgIpc) is 3.42. The van der Waals surface area contributed by atoms with Crippen LogP contribution in [0.15, 0.2) is 34.6 Å². The van der Waals surface area contributed by atoms with Gasteiger partial charge in [-0.25, -0.2) is 9.37 Å². The minimum Gasteiger partial charge on any atom is -0.378 e. The van der Waals surface area contributed by atoms with Crippen LogP contribution < -0.4 is 20.7 Å². The summed E-state index contributed by atoms with van der Waals surface area (Å²) in [4.78, 5) is 37.8. The summed E-state index contributed by atoms with van der Waals surface area (Å²) < 4.78 is 62.2. The quantitative estimate of drug-likeness (QED) is 0.426. The second kappa shape index (κ2) is 11.4. The number of rotatable bonds is 5. The lowest BCUT2D eigenvalue weighted by Crippen LogP contribution is -2.55. The third kappa shape index (κ3) is 6.09. The molecule has 2 fully saturated rings. The fourth-order valence-corrected chi connectivity index (χ4v) is 5.97. The van der Waals surface area contributed by atoms with Crippen LogP contribution in [0.1, 0.15) is 29.8 Å². The summed E-state index contributed by atoms with van der Waals surface area (Å²) in [6, 6.07) is 3.23. The number of piperazine rings is 1. The molecule has 0 spiro atoms. The van der Waals surface area contributed by atoms with Gasteiger partial charge in [-0.3, -0.25) is 14.5 Å². The highest BCUT2D eigenvalue weighted by Crippen LogP contribution is 2.38. The number of H-pyrrole nitrogens is 1. The van der Waals surface area contributed by atoms with Gasteiger partial charge in [-0.15, -0.1) is 11.3 Å². The van der Waals surface area contributed by atoms with E-state index in [0.717, 1.165) is 6.20 Å². The number of carbonyl (C=O) groups excluding carboxylic acids is 1. The third-order valence-electron chi connectivity index (χ3n) is 7.56. The van der Waals surface area contributed by atoms with E-state index >= 15 is 4.39 Å². The molecule has 1 amide bonds. The number of ether oxygens (including phenoxy) is 1. The van der Waals surface area contributed by atoms with Crippen molar-refractivity contribution in [2.75, 3.05) is 61.6 Å². The minimum atomic E-state index is -4.93. The standard InChI is InChI=1S/C27H30F4N6O3S/c1-15-12-37(13-16(2)35(15)3)23-10-20(28)17(22-14-41-26(34-22)36-4-6-40-7-5-36)8-21(23)33-25(39)18-11-32-24(38)9-19(18)27(29,30)31/h8-11,14-16H,4-7,12-13H2,1-3H3,(H,32,38)(H,33,39)/t15-,16+. The van der Waals surface area contributed by atoms with Crippen molar-refractivity contribution in [1.82, 2.24) is 14.9 Å². The second-order valence-electron chi connectivity index (χ2n) is 10.3. The topological polar surface area (TPSA) is 93.8 Å². The number of alkyl halides is 3. The summed E-state index contributed by atoms with van der Waals surface area (Å²) in [6.45, 7) is 7.46. The Hall–Kier alpha value is -3.49. The van der Waals surface area contributed by atoms with Gasteiger partial charge in [-0.2, -0.15) is 13.2 Å². The van der Waals surface area contributed by atoms with Gasteiger partial charge in [-0.05, 0) is 27.0 Å².